The molecule has 0 spiro atoms. The number of hydrogen-bond donors (Lipinski definition) is 3. The molecular formula is C13H25N7O2S. The van der Waals surface area contributed by atoms with E-state index < -0.39 is 10.0 Å². The Hall–Kier alpha value is -1.68. The van der Waals surface area contributed by atoms with Crippen molar-refractivity contribution in [3.63, 3.8) is 0 Å². The van der Waals surface area contributed by atoms with Crippen molar-refractivity contribution in [1.82, 2.24) is 30.1 Å². The number of nitrogens with one attached hydrogen (secondary N) is 3. The summed E-state index contributed by atoms with van der Waals surface area (Å²) in [4.78, 5) is 4.40. The van der Waals surface area contributed by atoms with Crippen molar-refractivity contribution >= 4 is 16.0 Å². The van der Waals surface area contributed by atoms with Crippen LogP contribution in [0.3, 0.4) is 0 Å². The maximum atomic E-state index is 11.0. The third-order valence-electron chi connectivity index (χ3n) is 3.32. The molecule has 1 fully saturated rings. The number of aryl methyl sites for hydroxylation is 1. The van der Waals surface area contributed by atoms with Gasteiger partial charge in [-0.3, -0.25) is 4.99 Å². The first-order valence-electron chi connectivity index (χ1n) is 7.84. The predicted octanol–water partition coefficient (Wildman–Crippen LogP) is -0.913. The predicted molar refractivity (Wildman–Crippen MR) is 88.7 cm³/mol. The Morgan fingerprint density at radius 3 is 2.87 bits per heavy atom. The maximum absolute atomic E-state index is 11.0. The summed E-state index contributed by atoms with van der Waals surface area (Å²) in [5.41, 5.74) is 0. The van der Waals surface area contributed by atoms with Crippen LogP contribution in [0.2, 0.25) is 0 Å². The maximum Gasteiger partial charge on any atom is 0.208 e. The molecule has 9 nitrogen and oxygen atoms in total. The van der Waals surface area contributed by atoms with E-state index in [0.717, 1.165) is 37.9 Å². The van der Waals surface area contributed by atoms with Crippen LogP contribution in [0, 0.1) is 0 Å². The molecule has 1 aromatic heterocycles. The van der Waals surface area contributed by atoms with Crippen molar-refractivity contribution in [2.75, 3.05) is 25.9 Å². The lowest BCUT2D eigenvalue weighted by Crippen LogP contribution is -2.40. The van der Waals surface area contributed by atoms with E-state index in [1.165, 1.54) is 0 Å². The minimum absolute atomic E-state index is 0.293. The fraction of sp³-hybridized carbons (Fsp3) is 0.769. The highest BCUT2D eigenvalue weighted by Gasteiger charge is 2.22. The highest BCUT2D eigenvalue weighted by atomic mass is 32.2. The van der Waals surface area contributed by atoms with E-state index in [1.807, 2.05) is 11.5 Å². The Morgan fingerprint density at radius 1 is 1.43 bits per heavy atom. The van der Waals surface area contributed by atoms with Gasteiger partial charge in [0.2, 0.25) is 10.0 Å². The second-order valence-corrected chi connectivity index (χ2v) is 7.37. The highest BCUT2D eigenvalue weighted by molar-refractivity contribution is 7.88. The van der Waals surface area contributed by atoms with Gasteiger partial charge in [-0.05, 0) is 12.8 Å². The summed E-state index contributed by atoms with van der Waals surface area (Å²) in [5.74, 6) is 1.67. The lowest BCUT2D eigenvalue weighted by molar-refractivity contribution is 0.588. The molecule has 130 valence electrons. The lowest BCUT2D eigenvalue weighted by atomic mass is 10.4. The summed E-state index contributed by atoms with van der Waals surface area (Å²) >= 11 is 0. The van der Waals surface area contributed by atoms with E-state index in [4.69, 9.17) is 0 Å². The second kappa shape index (κ2) is 8.25. The number of aliphatic imine (C=N–C) groups is 1. The molecule has 0 saturated heterocycles. The van der Waals surface area contributed by atoms with E-state index >= 15 is 0 Å². The quantitative estimate of drug-likeness (QED) is 0.304. The zero-order valence-electron chi connectivity index (χ0n) is 13.6. The van der Waals surface area contributed by atoms with Crippen LogP contribution in [0.15, 0.2) is 11.3 Å². The molecule has 1 heterocycles. The fourth-order valence-electron chi connectivity index (χ4n) is 2.01. The molecule has 0 radical (unpaired) electrons. The number of aromatic nitrogens is 3. The van der Waals surface area contributed by atoms with E-state index in [0.29, 0.717) is 31.6 Å². The van der Waals surface area contributed by atoms with Gasteiger partial charge in [0.25, 0.3) is 0 Å². The number of sulfonamides is 1. The summed E-state index contributed by atoms with van der Waals surface area (Å²) in [5, 5.41) is 14.5. The van der Waals surface area contributed by atoms with Crippen molar-refractivity contribution in [1.29, 1.82) is 0 Å². The average molecular weight is 343 g/mol. The van der Waals surface area contributed by atoms with Crippen LogP contribution in [-0.2, 0) is 23.0 Å². The van der Waals surface area contributed by atoms with Crippen LogP contribution >= 0.6 is 0 Å². The number of hydrogen-bond acceptors (Lipinski definition) is 5. The molecular weight excluding hydrogens is 318 g/mol. The Kier molecular flexibility index (Phi) is 6.34. The first kappa shape index (κ1) is 17.7. The molecule has 0 bridgehead atoms. The zero-order chi connectivity index (χ0) is 16.7. The van der Waals surface area contributed by atoms with E-state index in [-0.39, 0.29) is 0 Å². The van der Waals surface area contributed by atoms with Crippen LogP contribution in [-0.4, -0.2) is 61.1 Å². The molecule has 23 heavy (non-hydrogen) atoms. The van der Waals surface area contributed by atoms with E-state index in [2.05, 4.69) is 30.5 Å². The molecule has 1 saturated carbocycles. The number of guanidine groups is 1. The van der Waals surface area contributed by atoms with Crippen molar-refractivity contribution < 1.29 is 8.42 Å². The first-order valence-corrected chi connectivity index (χ1v) is 9.73. The van der Waals surface area contributed by atoms with Crippen LogP contribution in [0.5, 0.6) is 0 Å². The largest absolute Gasteiger partial charge is 0.355 e. The molecule has 0 aromatic carbocycles. The summed E-state index contributed by atoms with van der Waals surface area (Å²) < 4.78 is 26.5. The molecule has 0 atom stereocenters. The molecule has 0 aliphatic heterocycles. The van der Waals surface area contributed by atoms with Crippen LogP contribution in [0.4, 0.5) is 0 Å². The van der Waals surface area contributed by atoms with Gasteiger partial charge in [-0.2, -0.15) is 0 Å². The topological polar surface area (TPSA) is 113 Å². The molecule has 3 N–H and O–H groups in total. The van der Waals surface area contributed by atoms with Gasteiger partial charge in [-0.15, -0.1) is 10.2 Å². The number of nitrogens with zero attached hydrogens (tertiary/aromatic N) is 4. The Balaban J connectivity index is 1.78. The second-order valence-electron chi connectivity index (χ2n) is 5.54. The van der Waals surface area contributed by atoms with Crippen LogP contribution in [0.25, 0.3) is 0 Å². The van der Waals surface area contributed by atoms with Gasteiger partial charge >= 0.3 is 0 Å². The standard InChI is InChI=1S/C13H25N7O2S/c1-3-12-19-16-10-20(12)9-8-15-13(18-11-4-5-11)14-6-7-17-23(2,21)22/h10-11,17H,3-9H2,1-2H3,(H2,14,15,18). The van der Waals surface area contributed by atoms with Gasteiger partial charge < -0.3 is 15.2 Å². The average Bonchev–Trinajstić information content (AvgIpc) is 3.18. The Morgan fingerprint density at radius 2 is 2.22 bits per heavy atom. The van der Waals surface area contributed by atoms with Crippen LogP contribution in [0.1, 0.15) is 25.6 Å². The van der Waals surface area contributed by atoms with Gasteiger partial charge in [0, 0.05) is 32.1 Å². The monoisotopic (exact) mass is 343 g/mol. The minimum atomic E-state index is -3.16. The number of rotatable bonds is 9. The van der Waals surface area contributed by atoms with Crippen molar-refractivity contribution in [2.45, 2.75) is 38.8 Å². The summed E-state index contributed by atoms with van der Waals surface area (Å²) in [6, 6.07) is 0.477. The third kappa shape index (κ3) is 6.95. The van der Waals surface area contributed by atoms with Gasteiger partial charge in [0.15, 0.2) is 5.96 Å². The molecule has 1 aliphatic rings. The molecule has 0 unspecified atom stereocenters. The molecule has 1 aliphatic carbocycles. The SMILES string of the molecule is CCc1nncn1CCNC(=NCCNS(C)(=O)=O)NC1CC1. The Bertz CT molecular complexity index is 622. The van der Waals surface area contributed by atoms with Gasteiger partial charge in [0.1, 0.15) is 12.2 Å². The third-order valence-corrected chi connectivity index (χ3v) is 4.05. The molecule has 0 amide bonds. The zero-order valence-corrected chi connectivity index (χ0v) is 14.4. The lowest BCUT2D eigenvalue weighted by Gasteiger charge is -2.13. The highest BCUT2D eigenvalue weighted by Crippen LogP contribution is 2.18. The van der Waals surface area contributed by atoms with Crippen molar-refractivity contribution in [3.8, 4) is 0 Å². The summed E-state index contributed by atoms with van der Waals surface area (Å²) in [6.45, 7) is 4.18. The van der Waals surface area contributed by atoms with E-state index in [1.54, 1.807) is 6.33 Å². The van der Waals surface area contributed by atoms with Gasteiger partial charge in [-0.1, -0.05) is 6.92 Å². The van der Waals surface area contributed by atoms with Crippen LogP contribution < -0.4 is 15.4 Å². The van der Waals surface area contributed by atoms with Gasteiger partial charge in [0.05, 0.1) is 12.8 Å². The fourth-order valence-corrected chi connectivity index (χ4v) is 2.47. The summed E-state index contributed by atoms with van der Waals surface area (Å²) in [7, 11) is -3.16. The Labute approximate surface area is 137 Å². The van der Waals surface area contributed by atoms with Crippen molar-refractivity contribution in [3.05, 3.63) is 12.2 Å². The van der Waals surface area contributed by atoms with Gasteiger partial charge in [-0.25, -0.2) is 13.1 Å². The van der Waals surface area contributed by atoms with E-state index in [9.17, 15) is 8.42 Å². The summed E-state index contributed by atoms with van der Waals surface area (Å²) in [6.07, 6.45) is 6.00. The molecule has 10 heteroatoms. The van der Waals surface area contributed by atoms with Crippen molar-refractivity contribution in [2.24, 2.45) is 4.99 Å². The minimum Gasteiger partial charge on any atom is -0.355 e. The first-order chi connectivity index (χ1) is 11.0. The normalized spacial score (nSPS) is 15.7. The smallest absolute Gasteiger partial charge is 0.208 e. The molecule has 2 rings (SSSR count). The molecule has 1 aromatic rings.